The molecule has 0 radical (unpaired) electrons. The molecule has 0 saturated carbocycles. The van der Waals surface area contributed by atoms with Gasteiger partial charge in [-0.15, -0.1) is 0 Å². The minimum Gasteiger partial charge on any atom is -0.393 e. The van der Waals surface area contributed by atoms with E-state index in [2.05, 4.69) is 4.98 Å². The Hall–Kier alpha value is -2.06. The highest BCUT2D eigenvalue weighted by Gasteiger charge is 2.37. The SMILES string of the molecule is Cc1cn(C2OC(CO)C(=C/F)/C2=C\F)c(=O)nc1N. The van der Waals surface area contributed by atoms with Gasteiger partial charge in [0.1, 0.15) is 11.9 Å². The maximum absolute atomic E-state index is 13.0. The molecule has 1 aromatic heterocycles. The van der Waals surface area contributed by atoms with Crippen LogP contribution in [0.3, 0.4) is 0 Å². The fourth-order valence-electron chi connectivity index (χ4n) is 1.98. The number of aryl methyl sites for hydroxylation is 1. The predicted molar refractivity (Wildman–Crippen MR) is 67.0 cm³/mol. The third-order valence-electron chi connectivity index (χ3n) is 3.07. The summed E-state index contributed by atoms with van der Waals surface area (Å²) in [5, 5.41) is 9.11. The van der Waals surface area contributed by atoms with Crippen LogP contribution in [-0.4, -0.2) is 27.4 Å². The van der Waals surface area contributed by atoms with E-state index in [1.807, 2.05) is 0 Å². The van der Waals surface area contributed by atoms with Gasteiger partial charge in [0, 0.05) is 22.9 Å². The zero-order valence-electron chi connectivity index (χ0n) is 10.6. The van der Waals surface area contributed by atoms with Crippen LogP contribution in [0.15, 0.2) is 34.8 Å². The van der Waals surface area contributed by atoms with Gasteiger partial charge in [-0.05, 0) is 6.92 Å². The molecule has 0 bridgehead atoms. The van der Waals surface area contributed by atoms with Crippen molar-refractivity contribution < 1.29 is 18.6 Å². The predicted octanol–water partition coefficient (Wildman–Crippen LogP) is 0.730. The van der Waals surface area contributed by atoms with Crippen LogP contribution >= 0.6 is 0 Å². The molecular weight excluding hydrogens is 272 g/mol. The van der Waals surface area contributed by atoms with Crippen LogP contribution in [0, 0.1) is 6.92 Å². The van der Waals surface area contributed by atoms with Crippen LogP contribution in [-0.2, 0) is 4.74 Å². The largest absolute Gasteiger partial charge is 0.393 e. The van der Waals surface area contributed by atoms with Crippen LogP contribution in [0.5, 0.6) is 0 Å². The van der Waals surface area contributed by atoms with E-state index in [4.69, 9.17) is 15.6 Å². The maximum atomic E-state index is 13.0. The molecule has 6 nitrogen and oxygen atoms in total. The molecule has 8 heteroatoms. The van der Waals surface area contributed by atoms with Gasteiger partial charge in [0.25, 0.3) is 0 Å². The minimum atomic E-state index is -1.20. The van der Waals surface area contributed by atoms with Crippen molar-refractivity contribution in [1.82, 2.24) is 9.55 Å². The Labute approximate surface area is 112 Å². The van der Waals surface area contributed by atoms with Gasteiger partial charge in [0.05, 0.1) is 19.3 Å². The normalized spacial score (nSPS) is 26.6. The average molecular weight is 285 g/mol. The van der Waals surface area contributed by atoms with Crippen molar-refractivity contribution in [2.24, 2.45) is 0 Å². The molecule has 108 valence electrons. The van der Waals surface area contributed by atoms with Crippen LogP contribution in [0.4, 0.5) is 14.6 Å². The number of hydrogen-bond donors (Lipinski definition) is 2. The standard InChI is InChI=1S/C12H13F2N3O3/c1-6-4-17(12(19)16-10(6)15)11-8(3-14)7(2-13)9(5-18)20-11/h2-4,9,11,18H,5H2,1H3,(H2,15,16,19)/b7-2+,8-3+. The summed E-state index contributed by atoms with van der Waals surface area (Å²) in [6.45, 7) is 1.07. The van der Waals surface area contributed by atoms with Crippen molar-refractivity contribution in [3.05, 3.63) is 46.1 Å². The Morgan fingerprint density at radius 2 is 2.15 bits per heavy atom. The Bertz CT molecular complexity index is 639. The van der Waals surface area contributed by atoms with Gasteiger partial charge in [-0.1, -0.05) is 0 Å². The topological polar surface area (TPSA) is 90.4 Å². The second-order valence-electron chi connectivity index (χ2n) is 4.29. The van der Waals surface area contributed by atoms with Crippen LogP contribution in [0.2, 0.25) is 0 Å². The number of aromatic nitrogens is 2. The monoisotopic (exact) mass is 285 g/mol. The summed E-state index contributed by atoms with van der Waals surface area (Å²) in [7, 11) is 0. The number of ether oxygens (including phenoxy) is 1. The lowest BCUT2D eigenvalue weighted by molar-refractivity contribution is -0.00865. The maximum Gasteiger partial charge on any atom is 0.351 e. The summed E-state index contributed by atoms with van der Waals surface area (Å²) in [5.74, 6) is 0.0509. The molecule has 2 rings (SSSR count). The zero-order chi connectivity index (χ0) is 14.9. The number of nitrogens with zero attached hydrogens (tertiary/aromatic N) is 2. The Morgan fingerprint density at radius 3 is 2.70 bits per heavy atom. The number of halogens is 2. The summed E-state index contributed by atoms with van der Waals surface area (Å²) in [4.78, 5) is 15.4. The Kier molecular flexibility index (Phi) is 3.96. The summed E-state index contributed by atoms with van der Waals surface area (Å²) in [5.41, 5.74) is 4.90. The minimum absolute atomic E-state index is 0.0509. The molecule has 2 unspecified atom stereocenters. The molecule has 20 heavy (non-hydrogen) atoms. The highest BCUT2D eigenvalue weighted by molar-refractivity contribution is 5.40. The van der Waals surface area contributed by atoms with E-state index >= 15 is 0 Å². The molecule has 0 aliphatic carbocycles. The molecule has 1 aliphatic rings. The van der Waals surface area contributed by atoms with Gasteiger partial charge in [0.15, 0.2) is 6.23 Å². The van der Waals surface area contributed by atoms with Gasteiger partial charge in [-0.2, -0.15) is 4.98 Å². The van der Waals surface area contributed by atoms with E-state index < -0.39 is 24.6 Å². The molecule has 0 amide bonds. The average Bonchev–Trinajstić information content (AvgIpc) is 2.80. The lowest BCUT2D eigenvalue weighted by Gasteiger charge is -2.15. The molecule has 2 heterocycles. The van der Waals surface area contributed by atoms with E-state index in [0.717, 1.165) is 4.57 Å². The molecular formula is C12H13F2N3O3. The summed E-state index contributed by atoms with van der Waals surface area (Å²) < 4.78 is 32.1. The zero-order valence-corrected chi connectivity index (χ0v) is 10.6. The number of nitrogen functional groups attached to an aromatic ring is 1. The molecule has 1 fully saturated rings. The smallest absolute Gasteiger partial charge is 0.351 e. The first-order valence-corrected chi connectivity index (χ1v) is 5.76. The Morgan fingerprint density at radius 1 is 1.50 bits per heavy atom. The van der Waals surface area contributed by atoms with E-state index in [1.165, 1.54) is 6.20 Å². The highest BCUT2D eigenvalue weighted by Crippen LogP contribution is 2.37. The third kappa shape index (κ3) is 2.23. The van der Waals surface area contributed by atoms with Gasteiger partial charge < -0.3 is 15.6 Å². The van der Waals surface area contributed by atoms with E-state index in [9.17, 15) is 13.6 Å². The van der Waals surface area contributed by atoms with Crippen molar-refractivity contribution in [2.75, 3.05) is 12.3 Å². The van der Waals surface area contributed by atoms with Crippen molar-refractivity contribution in [3.63, 3.8) is 0 Å². The first-order chi connectivity index (χ1) is 9.53. The molecule has 1 aromatic rings. The fraction of sp³-hybridized carbons (Fsp3) is 0.333. The summed E-state index contributed by atoms with van der Waals surface area (Å²) in [6, 6.07) is 0. The van der Waals surface area contributed by atoms with Crippen molar-refractivity contribution in [3.8, 4) is 0 Å². The lowest BCUT2D eigenvalue weighted by Crippen LogP contribution is -2.29. The molecule has 2 atom stereocenters. The van der Waals surface area contributed by atoms with Crippen LogP contribution in [0.25, 0.3) is 0 Å². The number of rotatable bonds is 2. The number of aliphatic hydroxyl groups is 1. The first-order valence-electron chi connectivity index (χ1n) is 5.76. The molecule has 3 N–H and O–H groups in total. The first kappa shape index (κ1) is 14.4. The number of hydrogen-bond acceptors (Lipinski definition) is 5. The molecule has 1 aliphatic heterocycles. The molecule has 0 spiro atoms. The second kappa shape index (κ2) is 5.51. The summed E-state index contributed by atoms with van der Waals surface area (Å²) in [6.07, 6.45) is -0.608. The van der Waals surface area contributed by atoms with Crippen LogP contribution in [0.1, 0.15) is 11.8 Å². The molecule has 1 saturated heterocycles. The van der Waals surface area contributed by atoms with Crippen molar-refractivity contribution in [1.29, 1.82) is 0 Å². The Balaban J connectivity index is 2.53. The van der Waals surface area contributed by atoms with Crippen LogP contribution < -0.4 is 11.4 Å². The van der Waals surface area contributed by atoms with E-state index in [0.29, 0.717) is 5.56 Å². The highest BCUT2D eigenvalue weighted by atomic mass is 19.1. The van der Waals surface area contributed by atoms with Gasteiger partial charge in [-0.25, -0.2) is 13.6 Å². The van der Waals surface area contributed by atoms with E-state index in [-0.39, 0.29) is 29.6 Å². The molecule has 0 aromatic carbocycles. The number of aliphatic hydroxyl groups excluding tert-OH is 1. The van der Waals surface area contributed by atoms with Crippen molar-refractivity contribution >= 4 is 5.82 Å². The second-order valence-corrected chi connectivity index (χ2v) is 4.29. The number of anilines is 1. The van der Waals surface area contributed by atoms with E-state index in [1.54, 1.807) is 6.92 Å². The van der Waals surface area contributed by atoms with Gasteiger partial charge in [-0.3, -0.25) is 4.57 Å². The lowest BCUT2D eigenvalue weighted by atomic mass is 10.1. The number of nitrogens with two attached hydrogens (primary N) is 1. The van der Waals surface area contributed by atoms with Gasteiger partial charge >= 0.3 is 5.69 Å². The van der Waals surface area contributed by atoms with Gasteiger partial charge in [0.2, 0.25) is 0 Å². The third-order valence-corrected chi connectivity index (χ3v) is 3.07. The van der Waals surface area contributed by atoms with Crippen molar-refractivity contribution in [2.45, 2.75) is 19.3 Å². The summed E-state index contributed by atoms with van der Waals surface area (Å²) >= 11 is 0. The fourth-order valence-corrected chi connectivity index (χ4v) is 1.98. The quantitative estimate of drug-likeness (QED) is 0.836.